The second kappa shape index (κ2) is 11.3. The number of nitrogens with zero attached hydrogens (tertiary/aromatic N) is 1. The minimum absolute atomic E-state index is 1.13. The molecule has 0 fully saturated rings. The van der Waals surface area contributed by atoms with E-state index >= 15 is 0 Å². The molecule has 0 atom stereocenters. The maximum Gasteiger partial charge on any atom is 0.0107 e. The standard InChI is InChI=1S/C11H26N2S/c1-4-10-14-11-8-12-7-9-13(5-2)6-3/h12H,4-11H2,1-3H3. The van der Waals surface area contributed by atoms with Gasteiger partial charge in [-0.25, -0.2) is 0 Å². The molecule has 2 nitrogen and oxygen atoms in total. The largest absolute Gasteiger partial charge is 0.315 e. The normalized spacial score (nSPS) is 11.1. The summed E-state index contributed by atoms with van der Waals surface area (Å²) in [7, 11) is 0. The van der Waals surface area contributed by atoms with E-state index in [4.69, 9.17) is 0 Å². The van der Waals surface area contributed by atoms with Crippen LogP contribution in [0, 0.1) is 0 Å². The fourth-order valence-corrected chi connectivity index (χ4v) is 2.07. The molecular weight excluding hydrogens is 192 g/mol. The van der Waals surface area contributed by atoms with Gasteiger partial charge in [0.2, 0.25) is 0 Å². The third kappa shape index (κ3) is 8.85. The maximum atomic E-state index is 3.48. The van der Waals surface area contributed by atoms with Gasteiger partial charge in [0.05, 0.1) is 0 Å². The number of thioether (sulfide) groups is 1. The Morgan fingerprint density at radius 1 is 1.00 bits per heavy atom. The van der Waals surface area contributed by atoms with Gasteiger partial charge in [-0.2, -0.15) is 11.8 Å². The lowest BCUT2D eigenvalue weighted by atomic mass is 10.4. The molecule has 0 saturated carbocycles. The van der Waals surface area contributed by atoms with Gasteiger partial charge in [0.1, 0.15) is 0 Å². The smallest absolute Gasteiger partial charge is 0.0107 e. The van der Waals surface area contributed by atoms with E-state index in [0.717, 1.165) is 13.1 Å². The van der Waals surface area contributed by atoms with Crippen LogP contribution in [0.25, 0.3) is 0 Å². The third-order valence-electron chi connectivity index (χ3n) is 2.27. The first-order valence-corrected chi connectivity index (χ1v) is 7.01. The van der Waals surface area contributed by atoms with Crippen LogP contribution in [0.2, 0.25) is 0 Å². The minimum atomic E-state index is 1.13. The van der Waals surface area contributed by atoms with Crippen molar-refractivity contribution in [1.29, 1.82) is 0 Å². The monoisotopic (exact) mass is 218 g/mol. The lowest BCUT2D eigenvalue weighted by Gasteiger charge is -2.17. The zero-order valence-corrected chi connectivity index (χ0v) is 10.8. The summed E-state index contributed by atoms with van der Waals surface area (Å²) in [6, 6.07) is 0. The Balaban J connectivity index is 3.04. The van der Waals surface area contributed by atoms with Crippen LogP contribution in [-0.2, 0) is 0 Å². The molecule has 0 aromatic heterocycles. The highest BCUT2D eigenvalue weighted by Gasteiger charge is 1.96. The molecule has 14 heavy (non-hydrogen) atoms. The van der Waals surface area contributed by atoms with Crippen molar-refractivity contribution in [2.45, 2.75) is 27.2 Å². The SMILES string of the molecule is CCCSCCNCCN(CC)CC. The summed E-state index contributed by atoms with van der Waals surface area (Å²) in [6.45, 7) is 12.5. The molecule has 0 amide bonds. The lowest BCUT2D eigenvalue weighted by Crippen LogP contribution is -2.32. The number of rotatable bonds is 10. The Kier molecular flexibility index (Phi) is 11.6. The molecule has 0 aromatic carbocycles. The summed E-state index contributed by atoms with van der Waals surface area (Å²) >= 11 is 2.05. The Hall–Kier alpha value is 0.270. The predicted molar refractivity (Wildman–Crippen MR) is 68.3 cm³/mol. The predicted octanol–water partition coefficient (Wildman–Crippen LogP) is 2.06. The fraction of sp³-hybridized carbons (Fsp3) is 1.00. The van der Waals surface area contributed by atoms with Crippen molar-refractivity contribution >= 4 is 11.8 Å². The van der Waals surface area contributed by atoms with Gasteiger partial charge in [0, 0.05) is 25.4 Å². The van der Waals surface area contributed by atoms with E-state index in [1.54, 1.807) is 0 Å². The van der Waals surface area contributed by atoms with Gasteiger partial charge in [0.25, 0.3) is 0 Å². The minimum Gasteiger partial charge on any atom is -0.315 e. The average Bonchev–Trinajstić information content (AvgIpc) is 2.22. The zero-order valence-electron chi connectivity index (χ0n) is 10.0. The summed E-state index contributed by atoms with van der Waals surface area (Å²) in [5, 5.41) is 3.48. The number of likely N-dealkylation sites (N-methyl/N-ethyl adjacent to an activating group) is 1. The van der Waals surface area contributed by atoms with Gasteiger partial charge in [-0.1, -0.05) is 20.8 Å². The summed E-state index contributed by atoms with van der Waals surface area (Å²) in [5.41, 5.74) is 0. The molecule has 0 aromatic rings. The van der Waals surface area contributed by atoms with E-state index < -0.39 is 0 Å². The average molecular weight is 218 g/mol. The van der Waals surface area contributed by atoms with Crippen molar-refractivity contribution in [2.75, 3.05) is 44.2 Å². The molecule has 0 unspecified atom stereocenters. The highest BCUT2D eigenvalue weighted by Crippen LogP contribution is 1.99. The van der Waals surface area contributed by atoms with Crippen LogP contribution in [0.4, 0.5) is 0 Å². The Morgan fingerprint density at radius 3 is 2.29 bits per heavy atom. The molecule has 0 heterocycles. The second-order valence-corrected chi connectivity index (χ2v) is 4.61. The van der Waals surface area contributed by atoms with Gasteiger partial charge in [0.15, 0.2) is 0 Å². The molecule has 3 heteroatoms. The third-order valence-corrected chi connectivity index (χ3v) is 3.46. The van der Waals surface area contributed by atoms with Crippen molar-refractivity contribution in [3.05, 3.63) is 0 Å². The first-order valence-electron chi connectivity index (χ1n) is 5.85. The highest BCUT2D eigenvalue weighted by atomic mass is 32.2. The van der Waals surface area contributed by atoms with Crippen molar-refractivity contribution in [2.24, 2.45) is 0 Å². The van der Waals surface area contributed by atoms with Gasteiger partial charge in [-0.15, -0.1) is 0 Å². The van der Waals surface area contributed by atoms with Crippen LogP contribution < -0.4 is 5.32 Å². The van der Waals surface area contributed by atoms with Crippen molar-refractivity contribution in [3.63, 3.8) is 0 Å². The van der Waals surface area contributed by atoms with Crippen molar-refractivity contribution < 1.29 is 0 Å². The molecule has 0 spiro atoms. The van der Waals surface area contributed by atoms with Gasteiger partial charge < -0.3 is 10.2 Å². The molecule has 0 aliphatic carbocycles. The molecule has 0 bridgehead atoms. The van der Waals surface area contributed by atoms with Crippen LogP contribution in [0.3, 0.4) is 0 Å². The Morgan fingerprint density at radius 2 is 1.71 bits per heavy atom. The quantitative estimate of drug-likeness (QED) is 0.565. The van der Waals surface area contributed by atoms with Gasteiger partial charge >= 0.3 is 0 Å². The first-order chi connectivity index (χ1) is 6.85. The van der Waals surface area contributed by atoms with E-state index in [1.807, 2.05) is 11.8 Å². The van der Waals surface area contributed by atoms with E-state index in [9.17, 15) is 0 Å². The van der Waals surface area contributed by atoms with E-state index in [1.165, 1.54) is 37.6 Å². The Labute approximate surface area is 93.8 Å². The molecule has 0 radical (unpaired) electrons. The summed E-state index contributed by atoms with van der Waals surface area (Å²) in [6.07, 6.45) is 1.30. The zero-order chi connectivity index (χ0) is 10.6. The van der Waals surface area contributed by atoms with E-state index in [-0.39, 0.29) is 0 Å². The molecule has 0 aliphatic heterocycles. The summed E-state index contributed by atoms with van der Waals surface area (Å²) in [5.74, 6) is 2.56. The molecular formula is C11H26N2S. The molecule has 1 N–H and O–H groups in total. The summed E-state index contributed by atoms with van der Waals surface area (Å²) < 4.78 is 0. The van der Waals surface area contributed by atoms with E-state index in [2.05, 4.69) is 31.0 Å². The van der Waals surface area contributed by atoms with Gasteiger partial charge in [-0.05, 0) is 25.3 Å². The second-order valence-electron chi connectivity index (χ2n) is 3.39. The maximum absolute atomic E-state index is 3.48. The van der Waals surface area contributed by atoms with Gasteiger partial charge in [-0.3, -0.25) is 0 Å². The number of hydrogen-bond acceptors (Lipinski definition) is 3. The fourth-order valence-electron chi connectivity index (χ4n) is 1.29. The number of nitrogens with one attached hydrogen (secondary N) is 1. The topological polar surface area (TPSA) is 15.3 Å². The van der Waals surface area contributed by atoms with Crippen molar-refractivity contribution in [3.8, 4) is 0 Å². The van der Waals surface area contributed by atoms with E-state index in [0.29, 0.717) is 0 Å². The lowest BCUT2D eigenvalue weighted by molar-refractivity contribution is 0.303. The van der Waals surface area contributed by atoms with Crippen LogP contribution in [0.1, 0.15) is 27.2 Å². The van der Waals surface area contributed by atoms with Crippen LogP contribution in [0.5, 0.6) is 0 Å². The van der Waals surface area contributed by atoms with Crippen LogP contribution in [-0.4, -0.2) is 49.1 Å². The first kappa shape index (κ1) is 14.3. The van der Waals surface area contributed by atoms with Crippen LogP contribution in [0.15, 0.2) is 0 Å². The summed E-state index contributed by atoms with van der Waals surface area (Å²) in [4.78, 5) is 2.45. The van der Waals surface area contributed by atoms with Crippen molar-refractivity contribution in [1.82, 2.24) is 10.2 Å². The number of hydrogen-bond donors (Lipinski definition) is 1. The molecule has 0 saturated heterocycles. The molecule has 86 valence electrons. The molecule has 0 aliphatic rings. The van der Waals surface area contributed by atoms with Crippen LogP contribution >= 0.6 is 11.8 Å². The Bertz CT molecular complexity index is 105. The highest BCUT2D eigenvalue weighted by molar-refractivity contribution is 7.99. The molecule has 0 rings (SSSR count).